The number of aliphatic hydroxyl groups excluding tert-OH is 1. The highest BCUT2D eigenvalue weighted by atomic mass is 32.2. The number of hydroxylamine groups is 1. The van der Waals surface area contributed by atoms with E-state index in [4.69, 9.17) is 14.7 Å². The Kier molecular flexibility index (Phi) is 7.29. The van der Waals surface area contributed by atoms with Gasteiger partial charge < -0.3 is 14.6 Å². The molecular weight excluding hydrogens is 424 g/mol. The number of rotatable bonds is 7. The zero-order valence-electron chi connectivity index (χ0n) is 17.2. The molecule has 1 aliphatic rings. The Labute approximate surface area is 181 Å². The maximum Gasteiger partial charge on any atom is 0.264 e. The minimum absolute atomic E-state index is 0.0740. The normalized spacial score (nSPS) is 24.5. The fourth-order valence-corrected chi connectivity index (χ4v) is 5.53. The summed E-state index contributed by atoms with van der Waals surface area (Å²) in [5.41, 5.74) is 2.46. The van der Waals surface area contributed by atoms with Crippen molar-refractivity contribution < 1.29 is 33.0 Å². The van der Waals surface area contributed by atoms with Crippen molar-refractivity contribution in [3.05, 3.63) is 60.2 Å². The van der Waals surface area contributed by atoms with Crippen molar-refractivity contribution in [3.63, 3.8) is 0 Å². The molecule has 0 radical (unpaired) electrons. The average Bonchev–Trinajstić information content (AvgIpc) is 2.77. The second kappa shape index (κ2) is 9.75. The van der Waals surface area contributed by atoms with Gasteiger partial charge in [-0.3, -0.25) is 10.0 Å². The molecule has 9 nitrogen and oxygen atoms in total. The zero-order chi connectivity index (χ0) is 22.6. The van der Waals surface area contributed by atoms with Gasteiger partial charge in [0.15, 0.2) is 0 Å². The van der Waals surface area contributed by atoms with Crippen molar-refractivity contribution in [2.24, 2.45) is 0 Å². The van der Waals surface area contributed by atoms with Gasteiger partial charge in [0, 0.05) is 0 Å². The molecule has 4 unspecified atom stereocenters. The largest absolute Gasteiger partial charge is 0.489 e. The van der Waals surface area contributed by atoms with E-state index < -0.39 is 46.8 Å². The molecule has 3 rings (SSSR count). The lowest BCUT2D eigenvalue weighted by atomic mass is 10.0. The number of hydrogen-bond acceptors (Lipinski definition) is 7. The second-order valence-corrected chi connectivity index (χ2v) is 9.14. The highest BCUT2D eigenvalue weighted by Crippen LogP contribution is 2.31. The van der Waals surface area contributed by atoms with E-state index >= 15 is 0 Å². The number of aliphatic hydroxyl groups is 1. The minimum Gasteiger partial charge on any atom is -0.489 e. The molecule has 1 saturated heterocycles. The van der Waals surface area contributed by atoms with Crippen molar-refractivity contribution in [1.82, 2.24) is 9.79 Å². The molecule has 1 amide bonds. The molecule has 10 heteroatoms. The summed E-state index contributed by atoms with van der Waals surface area (Å²) >= 11 is 0. The average molecular weight is 451 g/mol. The summed E-state index contributed by atoms with van der Waals surface area (Å²) in [6, 6.07) is 13.0. The number of sulfonamides is 1. The maximum absolute atomic E-state index is 13.4. The van der Waals surface area contributed by atoms with E-state index in [2.05, 4.69) is 0 Å². The van der Waals surface area contributed by atoms with Crippen LogP contribution in [-0.4, -0.2) is 59.8 Å². The van der Waals surface area contributed by atoms with Crippen LogP contribution < -0.4 is 10.2 Å². The lowest BCUT2D eigenvalue weighted by Crippen LogP contribution is -2.66. The number of carbonyl (C=O) groups excluding carboxylic acids is 1. The van der Waals surface area contributed by atoms with Crippen LogP contribution in [0.2, 0.25) is 0 Å². The summed E-state index contributed by atoms with van der Waals surface area (Å²) in [5.74, 6) is -0.459. The highest BCUT2D eigenvalue weighted by Gasteiger charge is 2.49. The Morgan fingerprint density at radius 1 is 1.10 bits per heavy atom. The fraction of sp³-hybridized carbons (Fsp3) is 0.381. The summed E-state index contributed by atoms with van der Waals surface area (Å²) in [7, 11) is -4.21. The lowest BCUT2D eigenvalue weighted by molar-refractivity contribution is -0.156. The first kappa shape index (κ1) is 23.2. The second-order valence-electron chi connectivity index (χ2n) is 7.30. The summed E-state index contributed by atoms with van der Waals surface area (Å²) in [6.45, 7) is 2.93. The predicted molar refractivity (Wildman–Crippen MR) is 111 cm³/mol. The van der Waals surface area contributed by atoms with E-state index in [-0.39, 0.29) is 4.90 Å². The molecule has 1 fully saturated rings. The molecule has 0 aromatic heterocycles. The Hall–Kier alpha value is -2.50. The minimum atomic E-state index is -4.21. The number of nitrogens with zero attached hydrogens (tertiary/aromatic N) is 1. The van der Waals surface area contributed by atoms with Gasteiger partial charge in [0.05, 0.1) is 29.8 Å². The molecule has 2 aromatic rings. The molecule has 0 saturated carbocycles. The Bertz CT molecular complexity index is 983. The van der Waals surface area contributed by atoms with Gasteiger partial charge in [0.2, 0.25) is 10.0 Å². The van der Waals surface area contributed by atoms with Crippen molar-refractivity contribution in [3.8, 4) is 5.75 Å². The molecule has 1 heterocycles. The number of amides is 1. The third kappa shape index (κ3) is 4.89. The van der Waals surface area contributed by atoms with Gasteiger partial charge in [-0.1, -0.05) is 30.3 Å². The van der Waals surface area contributed by atoms with E-state index in [9.17, 15) is 18.3 Å². The number of morpholine rings is 1. The third-order valence-electron chi connectivity index (χ3n) is 5.23. The van der Waals surface area contributed by atoms with E-state index in [0.29, 0.717) is 12.4 Å². The lowest BCUT2D eigenvalue weighted by Gasteiger charge is -2.45. The van der Waals surface area contributed by atoms with Crippen LogP contribution in [0, 0.1) is 0 Å². The van der Waals surface area contributed by atoms with Crippen LogP contribution in [0.15, 0.2) is 59.5 Å². The van der Waals surface area contributed by atoms with Crippen molar-refractivity contribution in [1.29, 1.82) is 0 Å². The molecule has 0 spiro atoms. The summed E-state index contributed by atoms with van der Waals surface area (Å²) in [6.07, 6.45) is -1.50. The molecule has 31 heavy (non-hydrogen) atoms. The van der Waals surface area contributed by atoms with Gasteiger partial charge in [-0.25, -0.2) is 13.9 Å². The van der Waals surface area contributed by atoms with Gasteiger partial charge >= 0.3 is 0 Å². The molecule has 168 valence electrons. The zero-order valence-corrected chi connectivity index (χ0v) is 18.0. The van der Waals surface area contributed by atoms with Crippen LogP contribution >= 0.6 is 0 Å². The van der Waals surface area contributed by atoms with Crippen molar-refractivity contribution in [2.45, 2.75) is 49.6 Å². The maximum atomic E-state index is 13.4. The fourth-order valence-electron chi connectivity index (χ4n) is 3.65. The molecule has 2 aromatic carbocycles. The van der Waals surface area contributed by atoms with E-state index in [1.54, 1.807) is 6.92 Å². The Morgan fingerprint density at radius 2 is 1.74 bits per heavy atom. The number of benzene rings is 2. The van der Waals surface area contributed by atoms with Gasteiger partial charge in [-0.2, -0.15) is 4.31 Å². The molecule has 4 atom stereocenters. The summed E-state index contributed by atoms with van der Waals surface area (Å²) in [5, 5.41) is 18.9. The molecule has 0 aliphatic carbocycles. The SMILES string of the molecule is CC1OC(C)C(C(=O)NO)N(S(=O)(=O)c2ccc(OCc3ccccc3)cc2)C1CO. The summed E-state index contributed by atoms with van der Waals surface area (Å²) in [4.78, 5) is 12.2. The van der Waals surface area contributed by atoms with Crippen LogP contribution in [0.5, 0.6) is 5.75 Å². The van der Waals surface area contributed by atoms with Crippen LogP contribution in [0.4, 0.5) is 0 Å². The van der Waals surface area contributed by atoms with Crippen LogP contribution in [-0.2, 0) is 26.2 Å². The molecule has 3 N–H and O–H groups in total. The number of ether oxygens (including phenoxy) is 2. The van der Waals surface area contributed by atoms with E-state index in [1.807, 2.05) is 30.3 Å². The first-order valence-electron chi connectivity index (χ1n) is 9.80. The molecule has 1 aliphatic heterocycles. The van der Waals surface area contributed by atoms with Gasteiger partial charge in [-0.05, 0) is 43.7 Å². The highest BCUT2D eigenvalue weighted by molar-refractivity contribution is 7.89. The molecular formula is C21H26N2O7S. The van der Waals surface area contributed by atoms with Crippen LogP contribution in [0.1, 0.15) is 19.4 Å². The topological polar surface area (TPSA) is 125 Å². The smallest absolute Gasteiger partial charge is 0.264 e. The number of carbonyl (C=O) groups is 1. The van der Waals surface area contributed by atoms with Crippen LogP contribution in [0.3, 0.4) is 0 Å². The first-order chi connectivity index (χ1) is 14.8. The van der Waals surface area contributed by atoms with Gasteiger partial charge in [-0.15, -0.1) is 0 Å². The van der Waals surface area contributed by atoms with Gasteiger partial charge in [0.1, 0.15) is 18.4 Å². The van der Waals surface area contributed by atoms with Crippen molar-refractivity contribution >= 4 is 15.9 Å². The standard InChI is InChI=1S/C21H26N2O7S/c1-14-19(12-24)23(20(15(2)30-14)21(25)22-26)31(27,28)18-10-8-17(9-11-18)29-13-16-6-4-3-5-7-16/h3-11,14-15,19-20,24,26H,12-13H2,1-2H3,(H,22,25). The summed E-state index contributed by atoms with van der Waals surface area (Å²) < 4.78 is 39.1. The van der Waals surface area contributed by atoms with Gasteiger partial charge in [0.25, 0.3) is 5.91 Å². The number of nitrogens with one attached hydrogen (secondary N) is 1. The van der Waals surface area contributed by atoms with Crippen molar-refractivity contribution in [2.75, 3.05) is 6.61 Å². The van der Waals surface area contributed by atoms with Crippen LogP contribution in [0.25, 0.3) is 0 Å². The van der Waals surface area contributed by atoms with E-state index in [1.165, 1.54) is 36.7 Å². The Balaban J connectivity index is 1.87. The third-order valence-corrected chi connectivity index (χ3v) is 7.15. The van der Waals surface area contributed by atoms with E-state index in [0.717, 1.165) is 9.87 Å². The quantitative estimate of drug-likeness (QED) is 0.429. The Morgan fingerprint density at radius 3 is 2.32 bits per heavy atom. The predicted octanol–water partition coefficient (Wildman–Crippen LogP) is 1.30. The molecule has 0 bridgehead atoms. The number of hydrogen-bond donors (Lipinski definition) is 3. The monoisotopic (exact) mass is 450 g/mol. The first-order valence-corrected chi connectivity index (χ1v) is 11.2.